The molecule has 1 aromatic carbocycles. The summed E-state index contributed by atoms with van der Waals surface area (Å²) in [5, 5.41) is 14.5. The van der Waals surface area contributed by atoms with Crippen LogP contribution in [-0.2, 0) is 11.2 Å². The molecule has 1 fully saturated rings. The van der Waals surface area contributed by atoms with Gasteiger partial charge in [0.25, 0.3) is 5.69 Å². The maximum atomic E-state index is 12.7. The zero-order valence-corrected chi connectivity index (χ0v) is 14.3. The van der Waals surface area contributed by atoms with Gasteiger partial charge in [0.2, 0.25) is 0 Å². The maximum absolute atomic E-state index is 12.7. The van der Waals surface area contributed by atoms with Crippen molar-refractivity contribution in [2.24, 2.45) is 5.92 Å². The molecule has 0 aromatic heterocycles. The number of non-ortho nitro benzene ring substituents is 1. The SMILES string of the molecule is CC1(C)Cc2ccc([N+](=O)[O-])cc2/C(=C/C(=O)C2CCCCC2)N1. The summed E-state index contributed by atoms with van der Waals surface area (Å²) in [5.41, 5.74) is 2.44. The average molecular weight is 328 g/mol. The summed E-state index contributed by atoms with van der Waals surface area (Å²) in [6.07, 6.45) is 7.79. The summed E-state index contributed by atoms with van der Waals surface area (Å²) >= 11 is 0. The highest BCUT2D eigenvalue weighted by Crippen LogP contribution is 2.33. The van der Waals surface area contributed by atoms with Crippen LogP contribution < -0.4 is 5.32 Å². The number of rotatable bonds is 3. The van der Waals surface area contributed by atoms with Gasteiger partial charge in [-0.15, -0.1) is 0 Å². The predicted molar refractivity (Wildman–Crippen MR) is 93.6 cm³/mol. The lowest BCUT2D eigenvalue weighted by atomic mass is 9.83. The van der Waals surface area contributed by atoms with Crippen LogP contribution in [-0.4, -0.2) is 16.2 Å². The van der Waals surface area contributed by atoms with Gasteiger partial charge in [0.1, 0.15) is 0 Å². The van der Waals surface area contributed by atoms with E-state index < -0.39 is 0 Å². The van der Waals surface area contributed by atoms with Crippen molar-refractivity contribution in [1.82, 2.24) is 5.32 Å². The van der Waals surface area contributed by atoms with E-state index in [0.717, 1.165) is 48.9 Å². The number of hydrogen-bond donors (Lipinski definition) is 1. The third kappa shape index (κ3) is 3.50. The first kappa shape index (κ1) is 16.7. The largest absolute Gasteiger partial charge is 0.379 e. The van der Waals surface area contributed by atoms with E-state index in [-0.39, 0.29) is 27.9 Å². The fraction of sp³-hybridized carbons (Fsp3) is 0.526. The van der Waals surface area contributed by atoms with E-state index in [9.17, 15) is 14.9 Å². The lowest BCUT2D eigenvalue weighted by Crippen LogP contribution is -2.44. The van der Waals surface area contributed by atoms with Gasteiger partial charge in [-0.3, -0.25) is 14.9 Å². The molecule has 0 amide bonds. The molecule has 0 spiro atoms. The summed E-state index contributed by atoms with van der Waals surface area (Å²) in [7, 11) is 0. The molecule has 3 rings (SSSR count). The number of allylic oxidation sites excluding steroid dienone is 1. The van der Waals surface area contributed by atoms with Crippen molar-refractivity contribution < 1.29 is 9.72 Å². The van der Waals surface area contributed by atoms with Crippen molar-refractivity contribution in [2.75, 3.05) is 0 Å². The number of ketones is 1. The highest BCUT2D eigenvalue weighted by molar-refractivity contribution is 5.98. The Hall–Kier alpha value is -2.17. The zero-order chi connectivity index (χ0) is 17.3. The molecule has 1 aromatic rings. The van der Waals surface area contributed by atoms with Crippen LogP contribution in [0, 0.1) is 16.0 Å². The first-order valence-corrected chi connectivity index (χ1v) is 8.67. The highest BCUT2D eigenvalue weighted by atomic mass is 16.6. The number of carbonyl (C=O) groups is 1. The summed E-state index contributed by atoms with van der Waals surface area (Å²) in [6.45, 7) is 4.16. The number of benzene rings is 1. The second-order valence-electron chi connectivity index (χ2n) is 7.58. The topological polar surface area (TPSA) is 72.2 Å². The first-order valence-electron chi connectivity index (χ1n) is 8.67. The molecule has 5 nitrogen and oxygen atoms in total. The van der Waals surface area contributed by atoms with E-state index in [4.69, 9.17) is 0 Å². The Kier molecular flexibility index (Phi) is 4.43. The smallest absolute Gasteiger partial charge is 0.270 e. The molecule has 0 saturated heterocycles. The normalized spacial score (nSPS) is 21.8. The Morgan fingerprint density at radius 3 is 2.67 bits per heavy atom. The Morgan fingerprint density at radius 2 is 2.00 bits per heavy atom. The molecule has 5 heteroatoms. The van der Waals surface area contributed by atoms with Crippen LogP contribution in [0.3, 0.4) is 0 Å². The minimum Gasteiger partial charge on any atom is -0.379 e. The number of nitrogens with zero attached hydrogens (tertiary/aromatic N) is 1. The Balaban J connectivity index is 1.97. The second kappa shape index (κ2) is 6.38. The number of nitro groups is 1. The lowest BCUT2D eigenvalue weighted by Gasteiger charge is -2.35. The summed E-state index contributed by atoms with van der Waals surface area (Å²) in [6, 6.07) is 4.94. The van der Waals surface area contributed by atoms with E-state index in [1.54, 1.807) is 18.2 Å². The van der Waals surface area contributed by atoms with Gasteiger partial charge < -0.3 is 5.32 Å². The van der Waals surface area contributed by atoms with Crippen LogP contribution in [0.25, 0.3) is 5.70 Å². The van der Waals surface area contributed by atoms with Gasteiger partial charge in [0, 0.05) is 40.9 Å². The van der Waals surface area contributed by atoms with E-state index in [0.29, 0.717) is 0 Å². The number of carbonyl (C=O) groups excluding carboxylic acids is 1. The van der Waals surface area contributed by atoms with Crippen molar-refractivity contribution >= 4 is 17.2 Å². The first-order chi connectivity index (χ1) is 11.4. The third-order valence-corrected chi connectivity index (χ3v) is 4.99. The summed E-state index contributed by atoms with van der Waals surface area (Å²) < 4.78 is 0. The fourth-order valence-corrected chi connectivity index (χ4v) is 3.80. The zero-order valence-electron chi connectivity index (χ0n) is 14.3. The van der Waals surface area contributed by atoms with Crippen LogP contribution in [0.4, 0.5) is 5.69 Å². The van der Waals surface area contributed by atoms with E-state index >= 15 is 0 Å². The van der Waals surface area contributed by atoms with Crippen molar-refractivity contribution in [2.45, 2.75) is 57.9 Å². The van der Waals surface area contributed by atoms with Crippen molar-refractivity contribution in [3.8, 4) is 0 Å². The molecular weight excluding hydrogens is 304 g/mol. The Labute approximate surface area is 142 Å². The van der Waals surface area contributed by atoms with Crippen LogP contribution in [0.1, 0.15) is 57.1 Å². The molecule has 1 heterocycles. The highest BCUT2D eigenvalue weighted by Gasteiger charge is 2.30. The molecule has 1 N–H and O–H groups in total. The quantitative estimate of drug-likeness (QED) is 0.517. The predicted octanol–water partition coefficient (Wildman–Crippen LogP) is 4.01. The molecule has 2 aliphatic rings. The molecule has 1 saturated carbocycles. The van der Waals surface area contributed by atoms with Crippen molar-refractivity contribution in [3.63, 3.8) is 0 Å². The standard InChI is InChI=1S/C19H24N2O3/c1-19(2)12-14-8-9-15(21(23)24)10-16(14)17(20-19)11-18(22)13-6-4-3-5-7-13/h8-11,13,20H,3-7,12H2,1-2H3/b17-11-. The lowest BCUT2D eigenvalue weighted by molar-refractivity contribution is -0.384. The van der Waals surface area contributed by atoms with Gasteiger partial charge in [-0.2, -0.15) is 0 Å². The van der Waals surface area contributed by atoms with Gasteiger partial charge in [-0.1, -0.05) is 25.3 Å². The van der Waals surface area contributed by atoms with Gasteiger partial charge in [-0.05, 0) is 38.7 Å². The number of nitro benzene ring substituents is 1. The maximum Gasteiger partial charge on any atom is 0.270 e. The minimum atomic E-state index is -0.388. The molecule has 1 aliphatic heterocycles. The molecule has 128 valence electrons. The van der Waals surface area contributed by atoms with Crippen LogP contribution in [0.5, 0.6) is 0 Å². The fourth-order valence-electron chi connectivity index (χ4n) is 3.80. The monoisotopic (exact) mass is 328 g/mol. The number of nitrogens with one attached hydrogen (secondary N) is 1. The van der Waals surface area contributed by atoms with Crippen LogP contribution in [0.2, 0.25) is 0 Å². The molecule has 0 bridgehead atoms. The molecule has 0 radical (unpaired) electrons. The third-order valence-electron chi connectivity index (χ3n) is 4.99. The molecule has 1 aliphatic carbocycles. The summed E-state index contributed by atoms with van der Waals surface area (Å²) in [5.74, 6) is 0.243. The Morgan fingerprint density at radius 1 is 1.29 bits per heavy atom. The number of hydrogen-bond acceptors (Lipinski definition) is 4. The summed E-state index contributed by atoms with van der Waals surface area (Å²) in [4.78, 5) is 23.4. The van der Waals surface area contributed by atoms with E-state index in [1.165, 1.54) is 6.42 Å². The molecule has 0 unspecified atom stereocenters. The van der Waals surface area contributed by atoms with E-state index in [2.05, 4.69) is 19.2 Å². The average Bonchev–Trinajstić information content (AvgIpc) is 2.54. The van der Waals surface area contributed by atoms with Crippen molar-refractivity contribution in [3.05, 3.63) is 45.5 Å². The Bertz CT molecular complexity index is 701. The molecule has 0 atom stereocenters. The van der Waals surface area contributed by atoms with Gasteiger partial charge in [0.15, 0.2) is 5.78 Å². The minimum absolute atomic E-state index is 0.0614. The van der Waals surface area contributed by atoms with Gasteiger partial charge >= 0.3 is 0 Å². The van der Waals surface area contributed by atoms with E-state index in [1.807, 2.05) is 6.07 Å². The van der Waals surface area contributed by atoms with Crippen LogP contribution in [0.15, 0.2) is 24.3 Å². The number of fused-ring (bicyclic) bond motifs is 1. The van der Waals surface area contributed by atoms with Crippen molar-refractivity contribution in [1.29, 1.82) is 0 Å². The van der Waals surface area contributed by atoms with Crippen LogP contribution >= 0.6 is 0 Å². The van der Waals surface area contributed by atoms with Gasteiger partial charge in [-0.25, -0.2) is 0 Å². The molecular formula is C19H24N2O3. The molecule has 24 heavy (non-hydrogen) atoms. The second-order valence-corrected chi connectivity index (χ2v) is 7.58. The van der Waals surface area contributed by atoms with Gasteiger partial charge in [0.05, 0.1) is 4.92 Å².